The van der Waals surface area contributed by atoms with Gasteiger partial charge in [-0.1, -0.05) is 109 Å². The van der Waals surface area contributed by atoms with Crippen molar-refractivity contribution in [3.63, 3.8) is 0 Å². The number of anilines is 3. The van der Waals surface area contributed by atoms with E-state index in [1.165, 1.54) is 37.7 Å². The van der Waals surface area contributed by atoms with Crippen LogP contribution in [0.15, 0.2) is 156 Å². The molecule has 0 aliphatic rings. The third-order valence-corrected chi connectivity index (χ3v) is 8.59. The molecular weight excluding hydrogens is 510 g/mol. The van der Waals surface area contributed by atoms with Crippen LogP contribution in [0.2, 0.25) is 0 Å². The van der Waals surface area contributed by atoms with E-state index < -0.39 is 0 Å². The zero-order valence-corrected chi connectivity index (χ0v) is 22.8. The molecule has 0 atom stereocenters. The first-order valence-corrected chi connectivity index (χ1v) is 14.4. The number of nitrogens with zero attached hydrogens (tertiary/aromatic N) is 1. The van der Waals surface area contributed by atoms with Crippen LogP contribution >= 0.6 is 0 Å². The van der Waals surface area contributed by atoms with E-state index >= 15 is 0 Å². The molecule has 0 N–H and O–H groups in total. The minimum atomic E-state index is 0.896. The number of fused-ring (bicyclic) bond motifs is 10. The summed E-state index contributed by atoms with van der Waals surface area (Å²) in [7, 11) is 0. The summed E-state index contributed by atoms with van der Waals surface area (Å²) in [5, 5.41) is 12.1. The summed E-state index contributed by atoms with van der Waals surface area (Å²) in [6.45, 7) is 0. The SMILES string of the molecule is c1ccc(N(c2ccc3oc4c5ccccc5ccc4c3c2)c2cccc3ccc4ccc5ccccc5c4c23)cc1. The highest BCUT2D eigenvalue weighted by molar-refractivity contribution is 6.24. The highest BCUT2D eigenvalue weighted by Gasteiger charge is 2.19. The van der Waals surface area contributed by atoms with E-state index in [1.807, 2.05) is 0 Å². The quantitative estimate of drug-likeness (QED) is 0.209. The second-order valence-corrected chi connectivity index (χ2v) is 10.9. The van der Waals surface area contributed by atoms with Crippen LogP contribution in [-0.2, 0) is 0 Å². The summed E-state index contributed by atoms with van der Waals surface area (Å²) < 4.78 is 6.47. The van der Waals surface area contributed by atoms with E-state index in [1.54, 1.807) is 0 Å². The summed E-state index contributed by atoms with van der Waals surface area (Å²) in [5.74, 6) is 0. The lowest BCUT2D eigenvalue weighted by Gasteiger charge is -2.27. The second-order valence-electron chi connectivity index (χ2n) is 10.9. The summed E-state index contributed by atoms with van der Waals surface area (Å²) in [4.78, 5) is 2.39. The molecule has 2 heteroatoms. The first-order chi connectivity index (χ1) is 20.8. The Kier molecular flexibility index (Phi) is 4.93. The Labute approximate surface area is 242 Å². The molecule has 0 amide bonds. The molecule has 0 fully saturated rings. The number of hydrogen-bond acceptors (Lipinski definition) is 2. The van der Waals surface area contributed by atoms with Crippen LogP contribution in [0.3, 0.4) is 0 Å². The summed E-state index contributed by atoms with van der Waals surface area (Å²) in [5.41, 5.74) is 5.19. The van der Waals surface area contributed by atoms with Gasteiger partial charge in [0.05, 0.1) is 5.69 Å². The van der Waals surface area contributed by atoms with Crippen LogP contribution in [0.5, 0.6) is 0 Å². The number of benzene rings is 8. The van der Waals surface area contributed by atoms with Gasteiger partial charge in [0.1, 0.15) is 11.2 Å². The van der Waals surface area contributed by atoms with Crippen molar-refractivity contribution in [2.45, 2.75) is 0 Å². The normalized spacial score (nSPS) is 11.8. The van der Waals surface area contributed by atoms with Gasteiger partial charge in [-0.3, -0.25) is 0 Å². The molecule has 8 aromatic carbocycles. The smallest absolute Gasteiger partial charge is 0.143 e. The van der Waals surface area contributed by atoms with Crippen molar-refractivity contribution in [2.24, 2.45) is 0 Å². The number of hydrogen-bond donors (Lipinski definition) is 0. The van der Waals surface area contributed by atoms with Crippen molar-refractivity contribution < 1.29 is 4.42 Å². The Morgan fingerprint density at radius 1 is 0.381 bits per heavy atom. The van der Waals surface area contributed by atoms with E-state index in [0.29, 0.717) is 0 Å². The lowest BCUT2D eigenvalue weighted by atomic mass is 9.95. The Hall–Kier alpha value is -5.60. The van der Waals surface area contributed by atoms with Crippen LogP contribution in [0, 0.1) is 0 Å². The van der Waals surface area contributed by atoms with E-state index in [0.717, 1.165) is 44.4 Å². The van der Waals surface area contributed by atoms with Crippen molar-refractivity contribution in [1.82, 2.24) is 0 Å². The summed E-state index contributed by atoms with van der Waals surface area (Å²) in [6.07, 6.45) is 0. The van der Waals surface area contributed by atoms with Crippen LogP contribution in [0.25, 0.3) is 65.0 Å². The van der Waals surface area contributed by atoms with Crippen LogP contribution < -0.4 is 4.90 Å². The van der Waals surface area contributed by atoms with Crippen LogP contribution in [-0.4, -0.2) is 0 Å². The van der Waals surface area contributed by atoms with Gasteiger partial charge >= 0.3 is 0 Å². The number of rotatable bonds is 3. The van der Waals surface area contributed by atoms with E-state index in [2.05, 4.69) is 157 Å². The average molecular weight is 536 g/mol. The second kappa shape index (κ2) is 8.95. The van der Waals surface area contributed by atoms with Gasteiger partial charge in [-0.2, -0.15) is 0 Å². The lowest BCUT2D eigenvalue weighted by Crippen LogP contribution is -2.10. The molecule has 196 valence electrons. The molecule has 9 aromatic rings. The molecule has 0 radical (unpaired) electrons. The Morgan fingerprint density at radius 2 is 1.02 bits per heavy atom. The molecule has 0 aliphatic carbocycles. The third kappa shape index (κ3) is 3.39. The highest BCUT2D eigenvalue weighted by Crippen LogP contribution is 2.45. The number of furan rings is 1. The lowest BCUT2D eigenvalue weighted by molar-refractivity contribution is 0.672. The van der Waals surface area contributed by atoms with E-state index in [-0.39, 0.29) is 0 Å². The molecule has 9 rings (SSSR count). The van der Waals surface area contributed by atoms with Crippen LogP contribution in [0.4, 0.5) is 17.1 Å². The Morgan fingerprint density at radius 3 is 1.86 bits per heavy atom. The molecule has 0 saturated carbocycles. The minimum absolute atomic E-state index is 0.896. The molecule has 0 unspecified atom stereocenters. The van der Waals surface area contributed by atoms with E-state index in [9.17, 15) is 0 Å². The maximum absolute atomic E-state index is 6.47. The topological polar surface area (TPSA) is 16.4 Å². The predicted molar refractivity (Wildman–Crippen MR) is 178 cm³/mol. The molecule has 0 saturated heterocycles. The zero-order valence-electron chi connectivity index (χ0n) is 22.8. The maximum Gasteiger partial charge on any atom is 0.143 e. The zero-order chi connectivity index (χ0) is 27.6. The van der Waals surface area contributed by atoms with Gasteiger partial charge in [-0.25, -0.2) is 0 Å². The molecule has 0 aliphatic heterocycles. The molecule has 1 heterocycles. The van der Waals surface area contributed by atoms with Gasteiger partial charge < -0.3 is 9.32 Å². The molecule has 42 heavy (non-hydrogen) atoms. The highest BCUT2D eigenvalue weighted by atomic mass is 16.3. The molecule has 0 spiro atoms. The monoisotopic (exact) mass is 535 g/mol. The first-order valence-electron chi connectivity index (χ1n) is 14.4. The van der Waals surface area contributed by atoms with Gasteiger partial charge in [-0.15, -0.1) is 0 Å². The van der Waals surface area contributed by atoms with Gasteiger partial charge in [0.15, 0.2) is 0 Å². The van der Waals surface area contributed by atoms with Gasteiger partial charge in [0, 0.05) is 32.9 Å². The first kappa shape index (κ1) is 23.1. The standard InChI is InChI=1S/C40H25NO/c1-2-12-30(13-3-1)41(31-22-24-37-35(25-31)34-23-21-27-10-5-7-15-33(27)40(34)42-37)36-16-8-11-28-19-20-29-18-17-26-9-4-6-14-32(26)38(29)39(28)36/h1-25H. The summed E-state index contributed by atoms with van der Waals surface area (Å²) in [6, 6.07) is 54.4. The molecule has 0 bridgehead atoms. The van der Waals surface area contributed by atoms with Crippen molar-refractivity contribution in [3.05, 3.63) is 152 Å². The van der Waals surface area contributed by atoms with Crippen molar-refractivity contribution in [2.75, 3.05) is 4.90 Å². The van der Waals surface area contributed by atoms with Gasteiger partial charge in [-0.05, 0) is 74.8 Å². The maximum atomic E-state index is 6.47. The van der Waals surface area contributed by atoms with Crippen molar-refractivity contribution in [3.8, 4) is 0 Å². The van der Waals surface area contributed by atoms with Gasteiger partial charge in [0.2, 0.25) is 0 Å². The minimum Gasteiger partial charge on any atom is -0.455 e. The molecule has 1 aromatic heterocycles. The molecular formula is C40H25NO. The van der Waals surface area contributed by atoms with Crippen molar-refractivity contribution in [1.29, 1.82) is 0 Å². The fourth-order valence-electron chi connectivity index (χ4n) is 6.68. The van der Waals surface area contributed by atoms with E-state index in [4.69, 9.17) is 4.42 Å². The fraction of sp³-hybridized carbons (Fsp3) is 0. The Bertz CT molecular complexity index is 2470. The average Bonchev–Trinajstić information content (AvgIpc) is 3.44. The van der Waals surface area contributed by atoms with Gasteiger partial charge in [0.25, 0.3) is 0 Å². The molecule has 2 nitrogen and oxygen atoms in total. The summed E-state index contributed by atoms with van der Waals surface area (Å²) >= 11 is 0. The third-order valence-electron chi connectivity index (χ3n) is 8.59. The van der Waals surface area contributed by atoms with Crippen LogP contribution in [0.1, 0.15) is 0 Å². The largest absolute Gasteiger partial charge is 0.455 e. The number of para-hydroxylation sites is 1. The fourth-order valence-corrected chi connectivity index (χ4v) is 6.68. The Balaban J connectivity index is 1.37. The predicted octanol–water partition coefficient (Wildman–Crippen LogP) is 11.7. The van der Waals surface area contributed by atoms with Crippen molar-refractivity contribution >= 4 is 82.1 Å².